The van der Waals surface area contributed by atoms with Crippen molar-refractivity contribution < 1.29 is 13.5 Å². The third-order valence-electron chi connectivity index (χ3n) is 2.50. The molecule has 0 fully saturated rings. The second kappa shape index (κ2) is 5.43. The van der Waals surface area contributed by atoms with E-state index in [1.54, 1.807) is 13.0 Å². The molecule has 3 N–H and O–H groups in total. The molecule has 0 amide bonds. The van der Waals surface area contributed by atoms with E-state index in [0.717, 1.165) is 0 Å². The van der Waals surface area contributed by atoms with E-state index in [1.165, 1.54) is 12.1 Å². The van der Waals surface area contributed by atoms with Gasteiger partial charge in [0.2, 0.25) is 15.8 Å². The molecule has 1 heterocycles. The van der Waals surface area contributed by atoms with Crippen LogP contribution >= 0.6 is 0 Å². The third-order valence-corrected chi connectivity index (χ3v) is 3.96. The number of tetrazole rings is 1. The minimum absolute atomic E-state index is 0.0199. The van der Waals surface area contributed by atoms with E-state index in [9.17, 15) is 8.42 Å². The van der Waals surface area contributed by atoms with Gasteiger partial charge < -0.3 is 5.11 Å². The fourth-order valence-corrected chi connectivity index (χ4v) is 2.70. The SMILES string of the molecule is Cc1cc(S(=O)(=O)NCCO)ccc1-c1nn[nH]n1. The molecule has 8 nitrogen and oxygen atoms in total. The highest BCUT2D eigenvalue weighted by Crippen LogP contribution is 2.22. The van der Waals surface area contributed by atoms with Crippen molar-refractivity contribution in [2.24, 2.45) is 0 Å². The summed E-state index contributed by atoms with van der Waals surface area (Å²) in [6.45, 7) is 1.49. The van der Waals surface area contributed by atoms with Gasteiger partial charge in [-0.2, -0.15) is 5.21 Å². The summed E-state index contributed by atoms with van der Waals surface area (Å²) < 4.78 is 26.0. The summed E-state index contributed by atoms with van der Waals surface area (Å²) in [6, 6.07) is 4.59. The van der Waals surface area contributed by atoms with Crippen molar-refractivity contribution in [3.05, 3.63) is 23.8 Å². The van der Waals surface area contributed by atoms with Crippen LogP contribution in [0.3, 0.4) is 0 Å². The van der Waals surface area contributed by atoms with Gasteiger partial charge in [0.15, 0.2) is 0 Å². The fraction of sp³-hybridized carbons (Fsp3) is 0.300. The minimum atomic E-state index is -3.60. The molecule has 0 aliphatic rings. The van der Waals surface area contributed by atoms with Crippen molar-refractivity contribution in [1.29, 1.82) is 0 Å². The van der Waals surface area contributed by atoms with Gasteiger partial charge in [-0.25, -0.2) is 13.1 Å². The molecule has 0 aliphatic carbocycles. The number of nitrogens with zero attached hydrogens (tertiary/aromatic N) is 3. The molecule has 0 aliphatic heterocycles. The largest absolute Gasteiger partial charge is 0.395 e. The van der Waals surface area contributed by atoms with Crippen LogP contribution in [0, 0.1) is 6.92 Å². The van der Waals surface area contributed by atoms with Crippen LogP contribution in [0.2, 0.25) is 0 Å². The monoisotopic (exact) mass is 283 g/mol. The average Bonchev–Trinajstić information content (AvgIpc) is 2.90. The van der Waals surface area contributed by atoms with E-state index in [-0.39, 0.29) is 18.0 Å². The topological polar surface area (TPSA) is 121 Å². The fourth-order valence-electron chi connectivity index (χ4n) is 1.59. The molecule has 0 saturated heterocycles. The van der Waals surface area contributed by atoms with Gasteiger partial charge in [-0.15, -0.1) is 10.2 Å². The van der Waals surface area contributed by atoms with Crippen LogP contribution in [0.25, 0.3) is 11.4 Å². The lowest BCUT2D eigenvalue weighted by molar-refractivity contribution is 0.301. The Bertz CT molecular complexity index is 654. The maximum Gasteiger partial charge on any atom is 0.240 e. The molecule has 0 unspecified atom stereocenters. The van der Waals surface area contributed by atoms with Gasteiger partial charge in [0, 0.05) is 12.1 Å². The van der Waals surface area contributed by atoms with Gasteiger partial charge in [0.25, 0.3) is 0 Å². The Kier molecular flexibility index (Phi) is 3.88. The molecule has 2 aromatic rings. The number of hydrogen-bond donors (Lipinski definition) is 3. The zero-order chi connectivity index (χ0) is 13.9. The van der Waals surface area contributed by atoms with Crippen LogP contribution in [0.15, 0.2) is 23.1 Å². The van der Waals surface area contributed by atoms with Gasteiger partial charge in [-0.3, -0.25) is 0 Å². The number of aryl methyl sites for hydroxylation is 1. The van der Waals surface area contributed by atoms with E-state index in [2.05, 4.69) is 25.3 Å². The zero-order valence-corrected chi connectivity index (χ0v) is 11.0. The third kappa shape index (κ3) is 2.95. The number of hydrogen-bond acceptors (Lipinski definition) is 6. The second-order valence-corrected chi connectivity index (χ2v) is 5.60. The van der Waals surface area contributed by atoms with E-state index in [4.69, 9.17) is 5.11 Å². The number of aliphatic hydroxyl groups is 1. The number of rotatable bonds is 5. The van der Waals surface area contributed by atoms with Crippen molar-refractivity contribution in [2.45, 2.75) is 11.8 Å². The van der Waals surface area contributed by atoms with Gasteiger partial charge in [0.05, 0.1) is 11.5 Å². The summed E-state index contributed by atoms with van der Waals surface area (Å²) in [6.07, 6.45) is 0. The number of sulfonamides is 1. The first-order chi connectivity index (χ1) is 9.04. The van der Waals surface area contributed by atoms with Crippen molar-refractivity contribution in [3.8, 4) is 11.4 Å². The number of H-pyrrole nitrogens is 1. The highest BCUT2D eigenvalue weighted by molar-refractivity contribution is 7.89. The molecule has 1 aromatic carbocycles. The van der Waals surface area contributed by atoms with E-state index < -0.39 is 10.0 Å². The number of nitrogens with one attached hydrogen (secondary N) is 2. The molecular weight excluding hydrogens is 270 g/mol. The van der Waals surface area contributed by atoms with Crippen molar-refractivity contribution in [1.82, 2.24) is 25.3 Å². The molecule has 0 spiro atoms. The Morgan fingerprint density at radius 3 is 2.79 bits per heavy atom. The Labute approximate surface area is 109 Å². The molecule has 102 valence electrons. The predicted molar refractivity (Wildman–Crippen MR) is 66.6 cm³/mol. The van der Waals surface area contributed by atoms with Gasteiger partial charge in [-0.05, 0) is 35.9 Å². The quantitative estimate of drug-likeness (QED) is 0.676. The summed E-state index contributed by atoms with van der Waals surface area (Å²) in [5.41, 5.74) is 1.42. The molecule has 0 radical (unpaired) electrons. The van der Waals surface area contributed by atoms with Gasteiger partial charge in [-0.1, -0.05) is 0 Å². The first-order valence-corrected chi connectivity index (χ1v) is 6.98. The molecule has 0 atom stereocenters. The Morgan fingerprint density at radius 2 is 2.21 bits per heavy atom. The summed E-state index contributed by atoms with van der Waals surface area (Å²) >= 11 is 0. The first-order valence-electron chi connectivity index (χ1n) is 5.49. The van der Waals surface area contributed by atoms with Gasteiger partial charge >= 0.3 is 0 Å². The van der Waals surface area contributed by atoms with E-state index in [1.807, 2.05) is 0 Å². The number of aromatic amines is 1. The van der Waals surface area contributed by atoms with Crippen LogP contribution in [-0.4, -0.2) is 47.3 Å². The molecule has 9 heteroatoms. The summed E-state index contributed by atoms with van der Waals surface area (Å²) in [7, 11) is -3.60. The van der Waals surface area contributed by atoms with E-state index in [0.29, 0.717) is 17.0 Å². The van der Waals surface area contributed by atoms with Crippen molar-refractivity contribution >= 4 is 10.0 Å². The number of aliphatic hydroxyl groups excluding tert-OH is 1. The molecule has 1 aromatic heterocycles. The number of aromatic nitrogens is 4. The molecular formula is C10H13N5O3S. The Balaban J connectivity index is 2.34. The minimum Gasteiger partial charge on any atom is -0.395 e. The summed E-state index contributed by atoms with van der Waals surface area (Å²) in [4.78, 5) is 0.130. The molecule has 0 saturated carbocycles. The zero-order valence-electron chi connectivity index (χ0n) is 10.2. The summed E-state index contributed by atoms with van der Waals surface area (Å²) in [5.74, 6) is 0.407. The summed E-state index contributed by atoms with van der Waals surface area (Å²) in [5, 5.41) is 22.1. The Morgan fingerprint density at radius 1 is 1.42 bits per heavy atom. The molecule has 2 rings (SSSR count). The van der Waals surface area contributed by atoms with Crippen LogP contribution in [0.1, 0.15) is 5.56 Å². The lowest BCUT2D eigenvalue weighted by Gasteiger charge is -2.07. The van der Waals surface area contributed by atoms with Crippen LogP contribution in [-0.2, 0) is 10.0 Å². The van der Waals surface area contributed by atoms with Gasteiger partial charge in [0.1, 0.15) is 0 Å². The highest BCUT2D eigenvalue weighted by atomic mass is 32.2. The van der Waals surface area contributed by atoms with Crippen LogP contribution in [0.5, 0.6) is 0 Å². The molecule has 0 bridgehead atoms. The van der Waals surface area contributed by atoms with E-state index >= 15 is 0 Å². The molecule has 19 heavy (non-hydrogen) atoms. The van der Waals surface area contributed by atoms with Crippen LogP contribution in [0.4, 0.5) is 0 Å². The average molecular weight is 283 g/mol. The number of benzene rings is 1. The first kappa shape index (κ1) is 13.6. The maximum atomic E-state index is 11.9. The standard InChI is InChI=1S/C10H13N5O3S/c1-7-6-8(19(17,18)11-4-5-16)2-3-9(7)10-12-14-15-13-10/h2-3,6,11,16H,4-5H2,1H3,(H,12,13,14,15). The smallest absolute Gasteiger partial charge is 0.240 e. The van der Waals surface area contributed by atoms with Crippen molar-refractivity contribution in [3.63, 3.8) is 0 Å². The predicted octanol–water partition coefficient (Wildman–Crippen LogP) is -0.554. The Hall–Kier alpha value is -1.84. The highest BCUT2D eigenvalue weighted by Gasteiger charge is 2.15. The van der Waals surface area contributed by atoms with Crippen LogP contribution < -0.4 is 4.72 Å². The lowest BCUT2D eigenvalue weighted by atomic mass is 10.1. The normalized spacial score (nSPS) is 11.7. The maximum absolute atomic E-state index is 11.9. The lowest BCUT2D eigenvalue weighted by Crippen LogP contribution is -2.26. The van der Waals surface area contributed by atoms with Crippen molar-refractivity contribution in [2.75, 3.05) is 13.2 Å². The second-order valence-electron chi connectivity index (χ2n) is 3.83.